The molecule has 0 radical (unpaired) electrons. The van der Waals surface area contributed by atoms with E-state index in [1.54, 1.807) is 36.4 Å². The summed E-state index contributed by atoms with van der Waals surface area (Å²) < 4.78 is 10.9. The Bertz CT molecular complexity index is 780. The quantitative estimate of drug-likeness (QED) is 0.865. The predicted molar refractivity (Wildman–Crippen MR) is 84.8 cm³/mol. The van der Waals surface area contributed by atoms with Gasteiger partial charge in [0.1, 0.15) is 13.2 Å². The number of carbonyl (C=O) groups is 1. The molecule has 1 heterocycles. The molecule has 5 heteroatoms. The van der Waals surface area contributed by atoms with E-state index in [0.29, 0.717) is 46.5 Å². The van der Waals surface area contributed by atoms with Crippen molar-refractivity contribution in [1.29, 1.82) is 0 Å². The highest BCUT2D eigenvalue weighted by Crippen LogP contribution is 2.38. The molecule has 22 heavy (non-hydrogen) atoms. The lowest BCUT2D eigenvalue weighted by Crippen LogP contribution is -2.17. The number of hydrogen-bond acceptors (Lipinski definition) is 3. The van der Waals surface area contributed by atoms with Crippen LogP contribution in [0.1, 0.15) is 15.9 Å². The van der Waals surface area contributed by atoms with Crippen LogP contribution in [0.15, 0.2) is 36.4 Å². The Labute approximate surface area is 133 Å². The normalized spacial score (nSPS) is 12.4. The van der Waals surface area contributed by atoms with Crippen LogP contribution in [0.3, 0.4) is 0 Å². The molecule has 3 rings (SSSR count). The second-order valence-corrected chi connectivity index (χ2v) is 5.07. The number of terminal acetylenes is 1. The van der Waals surface area contributed by atoms with Crippen molar-refractivity contribution in [2.24, 2.45) is 0 Å². The van der Waals surface area contributed by atoms with E-state index in [9.17, 15) is 4.79 Å². The van der Waals surface area contributed by atoms with E-state index in [4.69, 9.17) is 27.5 Å². The minimum Gasteiger partial charge on any atom is -0.486 e. The molecule has 4 nitrogen and oxygen atoms in total. The Balaban J connectivity index is 1.86. The largest absolute Gasteiger partial charge is 0.486 e. The Morgan fingerprint density at radius 3 is 2.86 bits per heavy atom. The Morgan fingerprint density at radius 1 is 1.23 bits per heavy atom. The second-order valence-electron chi connectivity index (χ2n) is 4.66. The summed E-state index contributed by atoms with van der Waals surface area (Å²) in [5.41, 5.74) is 1.70. The van der Waals surface area contributed by atoms with Crippen LogP contribution in [0.5, 0.6) is 11.5 Å². The third-order valence-electron chi connectivity index (χ3n) is 3.15. The summed E-state index contributed by atoms with van der Waals surface area (Å²) in [5.74, 6) is 3.17. The molecular formula is C17H12ClNO3. The van der Waals surface area contributed by atoms with Gasteiger partial charge < -0.3 is 14.8 Å². The fourth-order valence-corrected chi connectivity index (χ4v) is 2.40. The van der Waals surface area contributed by atoms with Gasteiger partial charge in [0.2, 0.25) is 0 Å². The van der Waals surface area contributed by atoms with Gasteiger partial charge in [-0.3, -0.25) is 4.79 Å². The van der Waals surface area contributed by atoms with Crippen LogP contribution in [-0.2, 0) is 0 Å². The maximum atomic E-state index is 12.3. The number of carbonyl (C=O) groups excluding carboxylic acids is 1. The van der Waals surface area contributed by atoms with Gasteiger partial charge in [-0.2, -0.15) is 0 Å². The smallest absolute Gasteiger partial charge is 0.255 e. The molecule has 0 aliphatic carbocycles. The van der Waals surface area contributed by atoms with Gasteiger partial charge in [-0.05, 0) is 30.3 Å². The standard InChI is InChI=1S/C17H12ClNO3/c1-2-11-4-3-5-13(8-11)19-17(20)12-9-14(18)16-15(10-12)21-6-7-22-16/h1,3-5,8-10H,6-7H2,(H,19,20). The van der Waals surface area contributed by atoms with Crippen molar-refractivity contribution in [2.75, 3.05) is 18.5 Å². The van der Waals surface area contributed by atoms with Crippen LogP contribution >= 0.6 is 11.6 Å². The van der Waals surface area contributed by atoms with Crippen LogP contribution in [0, 0.1) is 12.3 Å². The lowest BCUT2D eigenvalue weighted by Gasteiger charge is -2.20. The van der Waals surface area contributed by atoms with Gasteiger partial charge in [0, 0.05) is 16.8 Å². The molecule has 0 saturated heterocycles. The number of halogens is 1. The van der Waals surface area contributed by atoms with Crippen LogP contribution in [0.25, 0.3) is 0 Å². The summed E-state index contributed by atoms with van der Waals surface area (Å²) in [5, 5.41) is 3.12. The first-order valence-electron chi connectivity index (χ1n) is 6.64. The van der Waals surface area contributed by atoms with Crippen LogP contribution in [-0.4, -0.2) is 19.1 Å². The summed E-state index contributed by atoms with van der Waals surface area (Å²) in [7, 11) is 0. The van der Waals surface area contributed by atoms with E-state index in [1.807, 2.05) is 0 Å². The average molecular weight is 314 g/mol. The molecule has 1 aliphatic rings. The molecule has 1 N–H and O–H groups in total. The number of anilines is 1. The number of nitrogens with one attached hydrogen (secondary N) is 1. The molecule has 2 aromatic carbocycles. The van der Waals surface area contributed by atoms with E-state index in [2.05, 4.69) is 11.2 Å². The summed E-state index contributed by atoms with van der Waals surface area (Å²) >= 11 is 6.13. The molecule has 0 spiro atoms. The zero-order valence-corrected chi connectivity index (χ0v) is 12.3. The number of rotatable bonds is 2. The van der Waals surface area contributed by atoms with Gasteiger partial charge in [0.15, 0.2) is 11.5 Å². The highest BCUT2D eigenvalue weighted by Gasteiger charge is 2.19. The van der Waals surface area contributed by atoms with Crippen molar-refractivity contribution in [3.63, 3.8) is 0 Å². The molecule has 0 bridgehead atoms. The predicted octanol–water partition coefficient (Wildman–Crippen LogP) is 3.34. The van der Waals surface area contributed by atoms with Gasteiger partial charge in [0.25, 0.3) is 5.91 Å². The van der Waals surface area contributed by atoms with Gasteiger partial charge in [-0.1, -0.05) is 23.6 Å². The van der Waals surface area contributed by atoms with E-state index in [1.165, 1.54) is 0 Å². The lowest BCUT2D eigenvalue weighted by molar-refractivity contribution is 0.102. The average Bonchev–Trinajstić information content (AvgIpc) is 2.55. The fourth-order valence-electron chi connectivity index (χ4n) is 2.13. The number of hydrogen-bond donors (Lipinski definition) is 1. The highest BCUT2D eigenvalue weighted by molar-refractivity contribution is 6.32. The first kappa shape index (κ1) is 14.3. The number of amides is 1. The maximum Gasteiger partial charge on any atom is 0.255 e. The summed E-state index contributed by atoms with van der Waals surface area (Å²) in [6.07, 6.45) is 5.35. The molecular weight excluding hydrogens is 302 g/mol. The lowest BCUT2D eigenvalue weighted by atomic mass is 10.1. The molecule has 1 aliphatic heterocycles. The molecule has 0 saturated carbocycles. The summed E-state index contributed by atoms with van der Waals surface area (Å²) in [4.78, 5) is 12.3. The van der Waals surface area contributed by atoms with Gasteiger partial charge in [-0.15, -0.1) is 6.42 Å². The molecule has 0 fully saturated rings. The number of benzene rings is 2. The van der Waals surface area contributed by atoms with E-state index >= 15 is 0 Å². The SMILES string of the molecule is C#Cc1cccc(NC(=O)c2cc(Cl)c3c(c2)OCCO3)c1. The Kier molecular flexibility index (Phi) is 3.90. The molecule has 0 aromatic heterocycles. The monoisotopic (exact) mass is 313 g/mol. The first-order valence-corrected chi connectivity index (χ1v) is 7.02. The third kappa shape index (κ3) is 2.85. The van der Waals surface area contributed by atoms with Crippen molar-refractivity contribution in [2.45, 2.75) is 0 Å². The van der Waals surface area contributed by atoms with Gasteiger partial charge >= 0.3 is 0 Å². The van der Waals surface area contributed by atoms with Crippen molar-refractivity contribution in [3.8, 4) is 23.8 Å². The molecule has 2 aromatic rings. The van der Waals surface area contributed by atoms with Crippen molar-refractivity contribution < 1.29 is 14.3 Å². The Morgan fingerprint density at radius 2 is 2.05 bits per heavy atom. The van der Waals surface area contributed by atoms with Crippen molar-refractivity contribution in [1.82, 2.24) is 0 Å². The highest BCUT2D eigenvalue weighted by atomic mass is 35.5. The van der Waals surface area contributed by atoms with Gasteiger partial charge in [0.05, 0.1) is 5.02 Å². The third-order valence-corrected chi connectivity index (χ3v) is 3.43. The topological polar surface area (TPSA) is 47.6 Å². The van der Waals surface area contributed by atoms with Crippen molar-refractivity contribution in [3.05, 3.63) is 52.5 Å². The van der Waals surface area contributed by atoms with Crippen molar-refractivity contribution >= 4 is 23.2 Å². The Hall–Kier alpha value is -2.64. The number of ether oxygens (including phenoxy) is 2. The number of fused-ring (bicyclic) bond motifs is 1. The van der Waals surface area contributed by atoms with Crippen LogP contribution < -0.4 is 14.8 Å². The zero-order valence-electron chi connectivity index (χ0n) is 11.6. The molecule has 0 unspecified atom stereocenters. The van der Waals surface area contributed by atoms with E-state index in [-0.39, 0.29) is 5.91 Å². The molecule has 0 atom stereocenters. The molecule has 1 amide bonds. The first-order chi connectivity index (χ1) is 10.7. The van der Waals surface area contributed by atoms with Crippen LogP contribution in [0.2, 0.25) is 5.02 Å². The maximum absolute atomic E-state index is 12.3. The summed E-state index contributed by atoms with van der Waals surface area (Å²) in [6, 6.07) is 10.2. The second kappa shape index (κ2) is 6.00. The minimum absolute atomic E-state index is 0.298. The zero-order chi connectivity index (χ0) is 15.5. The van der Waals surface area contributed by atoms with E-state index in [0.717, 1.165) is 0 Å². The van der Waals surface area contributed by atoms with Gasteiger partial charge in [-0.25, -0.2) is 0 Å². The minimum atomic E-state index is -0.298. The fraction of sp³-hybridized carbons (Fsp3) is 0.118. The summed E-state index contributed by atoms with van der Waals surface area (Å²) in [6.45, 7) is 0.871. The van der Waals surface area contributed by atoms with E-state index < -0.39 is 0 Å². The molecule has 110 valence electrons. The van der Waals surface area contributed by atoms with Crippen LogP contribution in [0.4, 0.5) is 5.69 Å².